The predicted octanol–water partition coefficient (Wildman–Crippen LogP) is 5.12. The van der Waals surface area contributed by atoms with Crippen LogP contribution in [0.2, 0.25) is 0 Å². The second-order valence-electron chi connectivity index (χ2n) is 7.48. The molecule has 0 spiro atoms. The van der Waals surface area contributed by atoms with E-state index in [-0.39, 0.29) is 17.7 Å². The number of fused-ring (bicyclic) bond motifs is 3. The van der Waals surface area contributed by atoms with Crippen LogP contribution in [0.4, 0.5) is 14.7 Å². The first-order valence-corrected chi connectivity index (χ1v) is 9.86. The molecule has 0 fully saturated rings. The first-order valence-electron chi connectivity index (χ1n) is 9.86. The zero-order valence-electron chi connectivity index (χ0n) is 16.2. The average molecular weight is 414 g/mol. The standard InChI is InChI=1S/C24H16F2N4O/c25-16-9-5-14(6-10-16)22-20-21(29-24-27-13-28-30(22)24)18-3-1-2-4-19(18)31-23(20)15-7-11-17(26)12-8-15/h1-13,22-23H,(H,27,28,29)/t22-,23-/m1/s1. The SMILES string of the molecule is Fc1ccc([C@H]2Oc3ccccc3C3=C2[C@@H](c2ccc(F)cc2)n2ncnc2N3)cc1. The van der Waals surface area contributed by atoms with E-state index in [4.69, 9.17) is 4.74 Å². The highest BCUT2D eigenvalue weighted by atomic mass is 19.1. The molecule has 4 aromatic rings. The molecule has 0 radical (unpaired) electrons. The zero-order valence-corrected chi connectivity index (χ0v) is 16.2. The molecule has 0 bridgehead atoms. The first kappa shape index (κ1) is 17.8. The number of nitrogens with one attached hydrogen (secondary N) is 1. The molecule has 3 aromatic carbocycles. The lowest BCUT2D eigenvalue weighted by atomic mass is 9.84. The van der Waals surface area contributed by atoms with Crippen LogP contribution in [0.25, 0.3) is 5.70 Å². The molecular formula is C24H16F2N4O. The van der Waals surface area contributed by atoms with Crippen LogP contribution in [-0.4, -0.2) is 14.8 Å². The van der Waals surface area contributed by atoms with Gasteiger partial charge in [-0.3, -0.25) is 0 Å². The Balaban J connectivity index is 1.62. The van der Waals surface area contributed by atoms with E-state index in [9.17, 15) is 8.78 Å². The minimum atomic E-state index is -0.495. The maximum absolute atomic E-state index is 13.7. The molecule has 5 nitrogen and oxygen atoms in total. The number of rotatable bonds is 2. The lowest BCUT2D eigenvalue weighted by Crippen LogP contribution is -2.32. The van der Waals surface area contributed by atoms with Crippen LogP contribution < -0.4 is 10.1 Å². The number of hydrogen-bond donors (Lipinski definition) is 1. The van der Waals surface area contributed by atoms with E-state index in [2.05, 4.69) is 15.4 Å². The number of ether oxygens (including phenoxy) is 1. The molecule has 152 valence electrons. The van der Waals surface area contributed by atoms with E-state index in [1.54, 1.807) is 28.9 Å². The number of hydrogen-bond acceptors (Lipinski definition) is 4. The van der Waals surface area contributed by atoms with Crippen molar-refractivity contribution < 1.29 is 13.5 Å². The molecule has 1 N–H and O–H groups in total. The Bertz CT molecular complexity index is 1310. The maximum atomic E-state index is 13.7. The van der Waals surface area contributed by atoms with E-state index < -0.39 is 6.10 Å². The average Bonchev–Trinajstić information content (AvgIpc) is 3.27. The van der Waals surface area contributed by atoms with E-state index in [0.717, 1.165) is 28.0 Å². The fourth-order valence-corrected chi connectivity index (χ4v) is 4.30. The molecule has 0 amide bonds. The van der Waals surface area contributed by atoms with Gasteiger partial charge in [0, 0.05) is 11.1 Å². The Morgan fingerprint density at radius 1 is 0.839 bits per heavy atom. The van der Waals surface area contributed by atoms with Crippen LogP contribution >= 0.6 is 0 Å². The summed E-state index contributed by atoms with van der Waals surface area (Å²) in [5, 5.41) is 7.82. The second-order valence-corrected chi connectivity index (χ2v) is 7.48. The Morgan fingerprint density at radius 3 is 2.26 bits per heavy atom. The molecule has 2 aliphatic rings. The fourth-order valence-electron chi connectivity index (χ4n) is 4.30. The van der Waals surface area contributed by atoms with Gasteiger partial charge >= 0.3 is 0 Å². The second kappa shape index (κ2) is 6.77. The highest BCUT2D eigenvalue weighted by Crippen LogP contribution is 2.50. The molecule has 1 aromatic heterocycles. The number of anilines is 1. The summed E-state index contributed by atoms with van der Waals surface area (Å²) in [5.74, 6) is 0.673. The number of nitrogens with zero attached hydrogens (tertiary/aromatic N) is 3. The van der Waals surface area contributed by atoms with Gasteiger partial charge in [-0.2, -0.15) is 10.1 Å². The van der Waals surface area contributed by atoms with Gasteiger partial charge in [0.25, 0.3) is 0 Å². The van der Waals surface area contributed by atoms with Crippen LogP contribution in [0.1, 0.15) is 28.8 Å². The summed E-state index contributed by atoms with van der Waals surface area (Å²) < 4.78 is 35.5. The Labute approximate surface area is 176 Å². The molecule has 2 aliphatic heterocycles. The van der Waals surface area contributed by atoms with Crippen molar-refractivity contribution in [3.63, 3.8) is 0 Å². The Hall–Kier alpha value is -4.00. The van der Waals surface area contributed by atoms with Gasteiger partial charge in [-0.05, 0) is 47.5 Å². The first-order chi connectivity index (χ1) is 15.2. The molecule has 31 heavy (non-hydrogen) atoms. The largest absolute Gasteiger partial charge is 0.480 e. The van der Waals surface area contributed by atoms with E-state index in [1.807, 2.05) is 24.3 Å². The molecule has 6 rings (SSSR count). The summed E-state index contributed by atoms with van der Waals surface area (Å²) in [6, 6.07) is 20.0. The Kier molecular flexibility index (Phi) is 3.89. The van der Waals surface area contributed by atoms with Crippen molar-refractivity contribution in [3.05, 3.63) is 113 Å². The number of aromatic nitrogens is 3. The number of halogens is 2. The molecule has 3 heterocycles. The quantitative estimate of drug-likeness (QED) is 0.495. The van der Waals surface area contributed by atoms with Crippen LogP contribution in [-0.2, 0) is 0 Å². The third-order valence-corrected chi connectivity index (χ3v) is 5.68. The van der Waals surface area contributed by atoms with E-state index >= 15 is 0 Å². The molecule has 0 saturated carbocycles. The minimum absolute atomic E-state index is 0.314. The molecule has 0 saturated heterocycles. The maximum Gasteiger partial charge on any atom is 0.226 e. The molecule has 2 atom stereocenters. The van der Waals surface area contributed by atoms with Crippen molar-refractivity contribution in [3.8, 4) is 5.75 Å². The zero-order chi connectivity index (χ0) is 20.9. The predicted molar refractivity (Wildman–Crippen MR) is 111 cm³/mol. The van der Waals surface area contributed by atoms with Gasteiger partial charge in [0.15, 0.2) is 0 Å². The normalized spacial score (nSPS) is 19.0. The summed E-state index contributed by atoms with van der Waals surface area (Å²) in [4.78, 5) is 4.37. The topological polar surface area (TPSA) is 52.0 Å². The number of para-hydroxylation sites is 1. The van der Waals surface area contributed by atoms with Crippen molar-refractivity contribution in [2.45, 2.75) is 12.1 Å². The van der Waals surface area contributed by atoms with Crippen LogP contribution in [0, 0.1) is 11.6 Å². The minimum Gasteiger partial charge on any atom is -0.480 e. The van der Waals surface area contributed by atoms with Crippen LogP contribution in [0.15, 0.2) is 84.7 Å². The Morgan fingerprint density at radius 2 is 1.52 bits per heavy atom. The van der Waals surface area contributed by atoms with Crippen molar-refractivity contribution in [2.75, 3.05) is 5.32 Å². The van der Waals surface area contributed by atoms with Gasteiger partial charge in [-0.15, -0.1) is 0 Å². The fraction of sp³-hybridized carbons (Fsp3) is 0.0833. The van der Waals surface area contributed by atoms with E-state index in [1.165, 1.54) is 30.6 Å². The van der Waals surface area contributed by atoms with Crippen molar-refractivity contribution in [1.29, 1.82) is 0 Å². The van der Waals surface area contributed by atoms with Gasteiger partial charge < -0.3 is 10.1 Å². The summed E-state index contributed by atoms with van der Waals surface area (Å²) in [7, 11) is 0. The monoisotopic (exact) mass is 414 g/mol. The lowest BCUT2D eigenvalue weighted by molar-refractivity contribution is 0.223. The van der Waals surface area contributed by atoms with Gasteiger partial charge in [0.05, 0.1) is 5.70 Å². The summed E-state index contributed by atoms with van der Waals surface area (Å²) in [6.07, 6.45) is 0.988. The van der Waals surface area contributed by atoms with Crippen molar-refractivity contribution in [2.24, 2.45) is 0 Å². The molecule has 0 unspecified atom stereocenters. The van der Waals surface area contributed by atoms with Crippen molar-refractivity contribution in [1.82, 2.24) is 14.8 Å². The molecular weight excluding hydrogens is 398 g/mol. The van der Waals surface area contributed by atoms with Crippen molar-refractivity contribution >= 4 is 11.6 Å². The van der Waals surface area contributed by atoms with Crippen LogP contribution in [0.5, 0.6) is 5.75 Å². The van der Waals surface area contributed by atoms with Gasteiger partial charge in [0.2, 0.25) is 5.95 Å². The van der Waals surface area contributed by atoms with E-state index in [0.29, 0.717) is 11.7 Å². The highest BCUT2D eigenvalue weighted by Gasteiger charge is 2.40. The highest BCUT2D eigenvalue weighted by molar-refractivity contribution is 5.85. The third kappa shape index (κ3) is 2.81. The van der Waals surface area contributed by atoms with Crippen LogP contribution in [0.3, 0.4) is 0 Å². The third-order valence-electron chi connectivity index (χ3n) is 5.68. The summed E-state index contributed by atoms with van der Waals surface area (Å²) in [5.41, 5.74) is 4.32. The van der Waals surface area contributed by atoms with Gasteiger partial charge in [0.1, 0.15) is 35.9 Å². The molecule has 0 aliphatic carbocycles. The molecule has 7 heteroatoms. The van der Waals surface area contributed by atoms with Gasteiger partial charge in [-0.25, -0.2) is 13.5 Å². The number of benzene rings is 3. The summed E-state index contributed by atoms with van der Waals surface area (Å²) in [6.45, 7) is 0. The smallest absolute Gasteiger partial charge is 0.226 e. The summed E-state index contributed by atoms with van der Waals surface area (Å²) >= 11 is 0. The van der Waals surface area contributed by atoms with Gasteiger partial charge in [-0.1, -0.05) is 36.4 Å². The lowest BCUT2D eigenvalue weighted by Gasteiger charge is -2.39.